The highest BCUT2D eigenvalue weighted by Crippen LogP contribution is 2.14. The van der Waals surface area contributed by atoms with E-state index in [1.807, 2.05) is 0 Å². The molecule has 0 aliphatic carbocycles. The van der Waals surface area contributed by atoms with Crippen LogP contribution in [0.25, 0.3) is 0 Å². The van der Waals surface area contributed by atoms with E-state index in [2.05, 4.69) is 10.1 Å². The highest BCUT2D eigenvalue weighted by atomic mass is 32.2. The van der Waals surface area contributed by atoms with Crippen molar-refractivity contribution in [3.05, 3.63) is 24.3 Å². The van der Waals surface area contributed by atoms with E-state index in [4.69, 9.17) is 9.29 Å². The molecule has 2 N–H and O–H groups in total. The maximum absolute atomic E-state index is 11.4. The first-order chi connectivity index (χ1) is 9.18. The van der Waals surface area contributed by atoms with Crippen LogP contribution in [0.2, 0.25) is 0 Å². The number of carbonyl (C=O) groups is 2. The Morgan fingerprint density at radius 1 is 1.20 bits per heavy atom. The van der Waals surface area contributed by atoms with E-state index in [9.17, 15) is 18.0 Å². The molecule has 1 amide bonds. The minimum absolute atomic E-state index is 0.248. The number of nitrogens with one attached hydrogen (secondary N) is 1. The summed E-state index contributed by atoms with van der Waals surface area (Å²) in [5.41, 5.74) is 0.248. The van der Waals surface area contributed by atoms with Crippen molar-refractivity contribution in [2.24, 2.45) is 0 Å². The van der Waals surface area contributed by atoms with Crippen molar-refractivity contribution >= 4 is 27.9 Å². The molecule has 0 radical (unpaired) electrons. The average molecular weight is 303 g/mol. The third kappa shape index (κ3) is 5.24. The quantitative estimate of drug-likeness (QED) is 0.490. The molecular weight excluding hydrogens is 290 g/mol. The highest BCUT2D eigenvalue weighted by molar-refractivity contribution is 7.85. The van der Waals surface area contributed by atoms with E-state index in [0.29, 0.717) is 0 Å². The first-order valence-corrected chi connectivity index (χ1v) is 6.85. The molecule has 1 unspecified atom stereocenters. The summed E-state index contributed by atoms with van der Waals surface area (Å²) in [6, 6.07) is 4.75. The summed E-state index contributed by atoms with van der Waals surface area (Å²) in [5, 5.41) is 2.30. The molecule has 1 aromatic carbocycles. The van der Waals surface area contributed by atoms with Gasteiger partial charge in [-0.2, -0.15) is 8.42 Å². The zero-order valence-corrected chi connectivity index (χ0v) is 11.5. The van der Waals surface area contributed by atoms with Crippen LogP contribution in [0.1, 0.15) is 13.8 Å². The molecule has 0 aromatic heterocycles. The van der Waals surface area contributed by atoms with Gasteiger partial charge in [0.05, 0.1) is 4.90 Å². The van der Waals surface area contributed by atoms with Crippen LogP contribution < -0.4 is 5.32 Å². The first kappa shape index (κ1) is 15.9. The van der Waals surface area contributed by atoms with E-state index in [-0.39, 0.29) is 10.6 Å². The lowest BCUT2D eigenvalue weighted by Crippen LogP contribution is -2.23. The summed E-state index contributed by atoms with van der Waals surface area (Å²) < 4.78 is 39.7. The number of esters is 1. The molecule has 0 bridgehead atoms. The molecule has 1 atom stereocenters. The smallest absolute Gasteiger partial charge is 0.414 e. The molecule has 0 aliphatic rings. The lowest BCUT2D eigenvalue weighted by Gasteiger charge is -2.13. The van der Waals surface area contributed by atoms with Gasteiger partial charge in [0.15, 0.2) is 0 Å². The molecule has 1 rings (SSSR count). The second-order valence-electron chi connectivity index (χ2n) is 3.71. The Morgan fingerprint density at radius 3 is 2.20 bits per heavy atom. The van der Waals surface area contributed by atoms with Gasteiger partial charge in [-0.15, -0.1) is 0 Å². The summed E-state index contributed by atoms with van der Waals surface area (Å²) in [6.07, 6.45) is -1.93. The SMILES string of the molecule is CC(=O)OC(C)OC(=O)Nc1ccc(S(=O)(=O)O)cc1. The van der Waals surface area contributed by atoms with E-state index < -0.39 is 28.5 Å². The third-order valence-corrected chi connectivity index (χ3v) is 2.87. The normalized spacial score (nSPS) is 12.3. The third-order valence-electron chi connectivity index (χ3n) is 2.00. The molecule has 20 heavy (non-hydrogen) atoms. The average Bonchev–Trinajstić information content (AvgIpc) is 2.26. The predicted molar refractivity (Wildman–Crippen MR) is 67.6 cm³/mol. The Labute approximate surface area is 115 Å². The predicted octanol–water partition coefficient (Wildman–Crippen LogP) is 1.39. The van der Waals surface area contributed by atoms with Crippen LogP contribution in [0, 0.1) is 0 Å². The molecule has 0 heterocycles. The second-order valence-corrected chi connectivity index (χ2v) is 5.13. The Hall–Kier alpha value is -2.13. The molecule has 110 valence electrons. The van der Waals surface area contributed by atoms with Crippen LogP contribution in [0.5, 0.6) is 0 Å². The maximum Gasteiger partial charge on any atom is 0.414 e. The molecule has 9 heteroatoms. The van der Waals surface area contributed by atoms with Crippen LogP contribution in [0.3, 0.4) is 0 Å². The van der Waals surface area contributed by atoms with E-state index in [1.54, 1.807) is 0 Å². The standard InChI is InChI=1S/C11H13NO7S/c1-7(13)18-8(2)19-11(14)12-9-3-5-10(6-4-9)20(15,16)17/h3-6,8H,1-2H3,(H,12,14)(H,15,16,17). The Morgan fingerprint density at radius 2 is 1.75 bits per heavy atom. The van der Waals surface area contributed by atoms with Gasteiger partial charge in [-0.25, -0.2) is 4.79 Å². The van der Waals surface area contributed by atoms with Gasteiger partial charge in [0.2, 0.25) is 6.29 Å². The molecule has 0 aliphatic heterocycles. The summed E-state index contributed by atoms with van der Waals surface area (Å²) in [7, 11) is -4.28. The number of hydrogen-bond acceptors (Lipinski definition) is 6. The van der Waals surface area contributed by atoms with Gasteiger partial charge in [-0.05, 0) is 24.3 Å². The molecule has 0 saturated heterocycles. The van der Waals surface area contributed by atoms with Crippen LogP contribution in [0.15, 0.2) is 29.2 Å². The Kier molecular flexibility index (Phi) is 5.06. The molecule has 1 aromatic rings. The van der Waals surface area contributed by atoms with Gasteiger partial charge < -0.3 is 9.47 Å². The van der Waals surface area contributed by atoms with Crippen molar-refractivity contribution in [3.63, 3.8) is 0 Å². The Bertz CT molecular complexity index is 594. The van der Waals surface area contributed by atoms with Gasteiger partial charge >= 0.3 is 12.1 Å². The van der Waals surface area contributed by atoms with E-state index >= 15 is 0 Å². The number of carbonyl (C=O) groups excluding carboxylic acids is 2. The largest absolute Gasteiger partial charge is 0.426 e. The van der Waals surface area contributed by atoms with E-state index in [1.165, 1.54) is 26.0 Å². The van der Waals surface area contributed by atoms with Crippen molar-refractivity contribution in [1.82, 2.24) is 0 Å². The van der Waals surface area contributed by atoms with Gasteiger partial charge in [0.25, 0.3) is 10.1 Å². The van der Waals surface area contributed by atoms with Crippen molar-refractivity contribution in [3.8, 4) is 0 Å². The number of anilines is 1. The van der Waals surface area contributed by atoms with Crippen LogP contribution in [0.4, 0.5) is 10.5 Å². The van der Waals surface area contributed by atoms with Gasteiger partial charge in [0, 0.05) is 19.5 Å². The fraction of sp³-hybridized carbons (Fsp3) is 0.273. The van der Waals surface area contributed by atoms with E-state index in [0.717, 1.165) is 12.1 Å². The fourth-order valence-electron chi connectivity index (χ4n) is 1.27. The summed E-state index contributed by atoms with van der Waals surface area (Å²) >= 11 is 0. The summed E-state index contributed by atoms with van der Waals surface area (Å²) in [4.78, 5) is 21.7. The molecule has 0 saturated carbocycles. The van der Waals surface area contributed by atoms with Gasteiger partial charge in [-0.1, -0.05) is 0 Å². The van der Waals surface area contributed by atoms with Gasteiger partial charge in [-0.3, -0.25) is 14.7 Å². The number of rotatable bonds is 4. The lowest BCUT2D eigenvalue weighted by atomic mass is 10.3. The molecule has 0 spiro atoms. The number of benzene rings is 1. The monoisotopic (exact) mass is 303 g/mol. The molecule has 0 fully saturated rings. The number of amides is 1. The summed E-state index contributed by atoms with van der Waals surface area (Å²) in [5.74, 6) is -0.595. The fourth-order valence-corrected chi connectivity index (χ4v) is 1.75. The zero-order valence-electron chi connectivity index (χ0n) is 10.7. The number of ether oxygens (including phenoxy) is 2. The minimum atomic E-state index is -4.28. The Balaban J connectivity index is 2.61. The second kappa shape index (κ2) is 6.35. The summed E-state index contributed by atoms with van der Waals surface area (Å²) in [6.45, 7) is 2.54. The van der Waals surface area contributed by atoms with Crippen molar-refractivity contribution < 1.29 is 32.0 Å². The van der Waals surface area contributed by atoms with Crippen LogP contribution in [-0.4, -0.2) is 31.3 Å². The highest BCUT2D eigenvalue weighted by Gasteiger charge is 2.13. The zero-order chi connectivity index (χ0) is 15.3. The maximum atomic E-state index is 11.4. The van der Waals surface area contributed by atoms with Crippen molar-refractivity contribution in [2.75, 3.05) is 5.32 Å². The number of hydrogen-bond donors (Lipinski definition) is 2. The van der Waals surface area contributed by atoms with Crippen molar-refractivity contribution in [1.29, 1.82) is 0 Å². The molecular formula is C11H13NO7S. The van der Waals surface area contributed by atoms with Crippen molar-refractivity contribution in [2.45, 2.75) is 25.0 Å². The first-order valence-electron chi connectivity index (χ1n) is 5.41. The minimum Gasteiger partial charge on any atom is -0.426 e. The van der Waals surface area contributed by atoms with Gasteiger partial charge in [0.1, 0.15) is 0 Å². The van der Waals surface area contributed by atoms with Crippen LogP contribution >= 0.6 is 0 Å². The lowest BCUT2D eigenvalue weighted by molar-refractivity contribution is -0.161. The molecule has 8 nitrogen and oxygen atoms in total. The topological polar surface area (TPSA) is 119 Å². The van der Waals surface area contributed by atoms with Crippen LogP contribution in [-0.2, 0) is 24.4 Å².